The highest BCUT2D eigenvalue weighted by Gasteiger charge is 2.10. The van der Waals surface area contributed by atoms with Gasteiger partial charge in [0.25, 0.3) is 5.91 Å². The van der Waals surface area contributed by atoms with Crippen LogP contribution in [0.3, 0.4) is 0 Å². The Balaban J connectivity index is 2.16. The van der Waals surface area contributed by atoms with Crippen LogP contribution in [0.15, 0.2) is 45.8 Å². The molecule has 0 fully saturated rings. The molecule has 0 saturated carbocycles. The van der Waals surface area contributed by atoms with Gasteiger partial charge in [0.2, 0.25) is 12.2 Å². The van der Waals surface area contributed by atoms with E-state index in [1.54, 1.807) is 30.8 Å². The van der Waals surface area contributed by atoms with Crippen LogP contribution in [0.2, 0.25) is 0 Å². The van der Waals surface area contributed by atoms with Crippen LogP contribution in [-0.2, 0) is 16.1 Å². The molecule has 0 radical (unpaired) electrons. The van der Waals surface area contributed by atoms with Crippen molar-refractivity contribution in [1.82, 2.24) is 15.6 Å². The molecule has 0 aromatic carbocycles. The van der Waals surface area contributed by atoms with Gasteiger partial charge in [-0.05, 0) is 18.4 Å². The number of amides is 1. The summed E-state index contributed by atoms with van der Waals surface area (Å²) < 4.78 is 0. The van der Waals surface area contributed by atoms with E-state index < -0.39 is 5.91 Å². The Kier molecular flexibility index (Phi) is 6.01. The number of amidine groups is 1. The van der Waals surface area contributed by atoms with Gasteiger partial charge >= 0.3 is 0 Å². The molecule has 9 heteroatoms. The summed E-state index contributed by atoms with van der Waals surface area (Å²) in [6.45, 7) is 2.01. The summed E-state index contributed by atoms with van der Waals surface area (Å²) in [6, 6.07) is 3.55. The van der Waals surface area contributed by atoms with Crippen molar-refractivity contribution in [2.45, 2.75) is 13.5 Å². The number of rotatable bonds is 6. The SMILES string of the molecule is CC(N=C(NC(=O)C=O)c1cccs1)=C(O)NCc1cncs1. The first-order valence-corrected chi connectivity index (χ1v) is 8.26. The Bertz CT molecular complexity index is 721. The summed E-state index contributed by atoms with van der Waals surface area (Å²) in [5.41, 5.74) is 1.98. The van der Waals surface area contributed by atoms with Crippen LogP contribution in [-0.4, -0.2) is 28.1 Å². The van der Waals surface area contributed by atoms with E-state index in [1.165, 1.54) is 22.7 Å². The van der Waals surface area contributed by atoms with Gasteiger partial charge in [0.1, 0.15) is 0 Å². The van der Waals surface area contributed by atoms with E-state index in [4.69, 9.17) is 0 Å². The van der Waals surface area contributed by atoms with Crippen molar-refractivity contribution < 1.29 is 14.7 Å². The minimum Gasteiger partial charge on any atom is -0.494 e. The predicted octanol–water partition coefficient (Wildman–Crippen LogP) is 1.80. The summed E-state index contributed by atoms with van der Waals surface area (Å²) in [4.78, 5) is 31.6. The maximum Gasteiger partial charge on any atom is 0.289 e. The summed E-state index contributed by atoms with van der Waals surface area (Å²) in [5.74, 6) is -0.712. The first-order chi connectivity index (χ1) is 11.1. The van der Waals surface area contributed by atoms with Crippen LogP contribution in [0.25, 0.3) is 0 Å². The van der Waals surface area contributed by atoms with Gasteiger partial charge in [0.15, 0.2) is 5.84 Å². The van der Waals surface area contributed by atoms with E-state index in [2.05, 4.69) is 20.6 Å². The standard InChI is InChI=1S/C14H14N4O3S2/c1-9(14(21)16-6-10-5-15-8-23-10)17-13(18-12(20)7-19)11-3-2-4-22-11/h2-5,7-8,16,21H,6H2,1H3,(H,17,18,20). The highest BCUT2D eigenvalue weighted by atomic mass is 32.1. The number of aliphatic imine (C=N–C) groups is 1. The summed E-state index contributed by atoms with van der Waals surface area (Å²) in [6.07, 6.45) is 1.87. The van der Waals surface area contributed by atoms with Crippen molar-refractivity contribution in [1.29, 1.82) is 0 Å². The molecule has 1 amide bonds. The van der Waals surface area contributed by atoms with Crippen molar-refractivity contribution in [3.63, 3.8) is 0 Å². The topological polar surface area (TPSA) is 104 Å². The van der Waals surface area contributed by atoms with Crippen LogP contribution >= 0.6 is 22.7 Å². The highest BCUT2D eigenvalue weighted by molar-refractivity contribution is 7.12. The molecule has 3 N–H and O–H groups in total. The lowest BCUT2D eigenvalue weighted by atomic mass is 10.4. The van der Waals surface area contributed by atoms with Crippen molar-refractivity contribution in [2.75, 3.05) is 0 Å². The second-order valence-corrected chi connectivity index (χ2v) is 6.22. The number of thiophene rings is 1. The van der Waals surface area contributed by atoms with Crippen molar-refractivity contribution >= 4 is 40.7 Å². The van der Waals surface area contributed by atoms with Crippen LogP contribution in [0, 0.1) is 0 Å². The number of thiazole rings is 1. The van der Waals surface area contributed by atoms with Gasteiger partial charge in [-0.15, -0.1) is 22.7 Å². The molecule has 2 aromatic rings. The Morgan fingerprint density at radius 1 is 1.48 bits per heavy atom. The molecule has 120 valence electrons. The van der Waals surface area contributed by atoms with Crippen LogP contribution in [0.1, 0.15) is 16.7 Å². The zero-order chi connectivity index (χ0) is 16.7. The number of aliphatic hydroxyl groups excluding tert-OH is 1. The fourth-order valence-corrected chi connectivity index (χ4v) is 2.76. The van der Waals surface area contributed by atoms with Crippen LogP contribution in [0.4, 0.5) is 0 Å². The molecule has 0 atom stereocenters. The lowest BCUT2D eigenvalue weighted by Gasteiger charge is -2.08. The lowest BCUT2D eigenvalue weighted by molar-refractivity contribution is -0.130. The number of hydrogen-bond donors (Lipinski definition) is 3. The van der Waals surface area contributed by atoms with E-state index in [9.17, 15) is 14.7 Å². The van der Waals surface area contributed by atoms with Crippen molar-refractivity contribution in [2.24, 2.45) is 4.99 Å². The minimum absolute atomic E-state index is 0.118. The van der Waals surface area contributed by atoms with Crippen LogP contribution in [0.5, 0.6) is 0 Å². The molecule has 0 saturated heterocycles. The van der Waals surface area contributed by atoms with E-state index >= 15 is 0 Å². The molecular formula is C14H14N4O3S2. The fraction of sp³-hybridized carbons (Fsp3) is 0.143. The third-order valence-corrected chi connectivity index (χ3v) is 4.30. The molecule has 7 nitrogen and oxygen atoms in total. The number of aldehydes is 1. The normalized spacial score (nSPS) is 12.5. The number of aromatic nitrogens is 1. The Hall–Kier alpha value is -2.52. The molecule has 0 unspecified atom stereocenters. The minimum atomic E-state index is -0.804. The van der Waals surface area contributed by atoms with E-state index in [-0.39, 0.29) is 23.7 Å². The maximum absolute atomic E-state index is 11.3. The number of aliphatic hydroxyl groups is 1. The molecule has 0 aliphatic rings. The monoisotopic (exact) mass is 350 g/mol. The number of carbonyl (C=O) groups excluding carboxylic acids is 2. The highest BCUT2D eigenvalue weighted by Crippen LogP contribution is 2.12. The molecule has 0 aliphatic heterocycles. The largest absolute Gasteiger partial charge is 0.494 e. The fourth-order valence-electron chi connectivity index (χ4n) is 1.55. The smallest absolute Gasteiger partial charge is 0.289 e. The van der Waals surface area contributed by atoms with Gasteiger partial charge in [-0.1, -0.05) is 6.07 Å². The zero-order valence-corrected chi connectivity index (χ0v) is 13.8. The first-order valence-electron chi connectivity index (χ1n) is 6.50. The number of nitrogens with one attached hydrogen (secondary N) is 2. The van der Waals surface area contributed by atoms with Gasteiger partial charge in [-0.3, -0.25) is 14.6 Å². The van der Waals surface area contributed by atoms with Gasteiger partial charge in [0.05, 0.1) is 22.6 Å². The van der Waals surface area contributed by atoms with Gasteiger partial charge in [0, 0.05) is 11.1 Å². The Morgan fingerprint density at radius 3 is 2.91 bits per heavy atom. The van der Waals surface area contributed by atoms with Gasteiger partial charge in [-0.25, -0.2) is 4.99 Å². The number of nitrogens with zero attached hydrogens (tertiary/aromatic N) is 2. The molecule has 0 spiro atoms. The second kappa shape index (κ2) is 8.20. The zero-order valence-electron chi connectivity index (χ0n) is 12.1. The Morgan fingerprint density at radius 2 is 2.30 bits per heavy atom. The average Bonchev–Trinajstić information content (AvgIpc) is 3.24. The molecular weight excluding hydrogens is 336 g/mol. The molecule has 2 rings (SSSR count). The molecule has 0 bridgehead atoms. The Labute approximate surface area is 140 Å². The summed E-state index contributed by atoms with van der Waals surface area (Å²) in [7, 11) is 0. The van der Waals surface area contributed by atoms with E-state index in [0.29, 0.717) is 11.4 Å². The van der Waals surface area contributed by atoms with E-state index in [1.807, 2.05) is 5.38 Å². The number of allylic oxidation sites excluding steroid dienone is 1. The predicted molar refractivity (Wildman–Crippen MR) is 89.3 cm³/mol. The quantitative estimate of drug-likeness (QED) is 0.242. The summed E-state index contributed by atoms with van der Waals surface area (Å²) >= 11 is 2.82. The number of hydrogen-bond acceptors (Lipinski definition) is 8. The molecule has 2 heterocycles. The van der Waals surface area contributed by atoms with Crippen molar-refractivity contribution in [3.05, 3.63) is 50.6 Å². The molecule has 2 aromatic heterocycles. The third kappa shape index (κ3) is 5.01. The van der Waals surface area contributed by atoms with Crippen molar-refractivity contribution in [3.8, 4) is 0 Å². The second-order valence-electron chi connectivity index (χ2n) is 4.30. The summed E-state index contributed by atoms with van der Waals surface area (Å²) in [5, 5.41) is 17.1. The number of carbonyl (C=O) groups is 2. The molecule has 0 aliphatic carbocycles. The average molecular weight is 350 g/mol. The first kappa shape index (κ1) is 16.8. The molecule has 23 heavy (non-hydrogen) atoms. The van der Waals surface area contributed by atoms with E-state index in [0.717, 1.165) is 4.88 Å². The lowest BCUT2D eigenvalue weighted by Crippen LogP contribution is -2.31. The van der Waals surface area contributed by atoms with Gasteiger partial charge in [-0.2, -0.15) is 0 Å². The maximum atomic E-state index is 11.3. The van der Waals surface area contributed by atoms with Gasteiger partial charge < -0.3 is 15.7 Å². The van der Waals surface area contributed by atoms with Crippen LogP contribution < -0.4 is 10.6 Å². The third-order valence-electron chi connectivity index (χ3n) is 2.64.